The maximum absolute atomic E-state index is 5.82. The van der Waals surface area contributed by atoms with Gasteiger partial charge in [-0.2, -0.15) is 0 Å². The number of rotatable bonds is 2. The Kier molecular flexibility index (Phi) is 2.60. The van der Waals surface area contributed by atoms with E-state index in [2.05, 4.69) is 17.0 Å². The lowest BCUT2D eigenvalue weighted by Crippen LogP contribution is -2.41. The molecule has 2 N–H and O–H groups in total. The molecule has 3 rings (SSSR count). The lowest BCUT2D eigenvalue weighted by atomic mass is 9.83. The second-order valence-corrected chi connectivity index (χ2v) is 5.29. The summed E-state index contributed by atoms with van der Waals surface area (Å²) in [6.07, 6.45) is 5.22. The zero-order valence-corrected chi connectivity index (χ0v) is 9.78. The van der Waals surface area contributed by atoms with Crippen LogP contribution in [0.5, 0.6) is 0 Å². The van der Waals surface area contributed by atoms with Gasteiger partial charge in [0.15, 0.2) is 0 Å². The van der Waals surface area contributed by atoms with E-state index in [1.807, 2.05) is 6.07 Å². The Morgan fingerprint density at radius 3 is 2.88 bits per heavy atom. The molecule has 1 heterocycles. The third-order valence-electron chi connectivity index (χ3n) is 4.03. The second-order valence-electron chi connectivity index (χ2n) is 5.29. The van der Waals surface area contributed by atoms with Gasteiger partial charge in [-0.15, -0.1) is 0 Å². The molecule has 1 aliphatic carbocycles. The summed E-state index contributed by atoms with van der Waals surface area (Å²) < 4.78 is 0. The summed E-state index contributed by atoms with van der Waals surface area (Å²) in [5.74, 6) is 0.872. The Balaban J connectivity index is 1.68. The molecular weight excluding hydrogens is 196 g/mol. The summed E-state index contributed by atoms with van der Waals surface area (Å²) in [6.45, 7) is 3.96. The van der Waals surface area contributed by atoms with Crippen molar-refractivity contribution in [3.8, 4) is 0 Å². The van der Waals surface area contributed by atoms with Crippen LogP contribution in [0.1, 0.15) is 24.0 Å². The van der Waals surface area contributed by atoms with Gasteiger partial charge in [-0.3, -0.25) is 0 Å². The molecule has 1 aliphatic heterocycles. The number of aryl methyl sites for hydroxylation is 1. The molecule has 2 heteroatoms. The van der Waals surface area contributed by atoms with Crippen molar-refractivity contribution in [3.63, 3.8) is 0 Å². The van der Waals surface area contributed by atoms with Crippen LogP contribution < -0.4 is 5.73 Å². The average Bonchev–Trinajstić information content (AvgIpc) is 2.23. The second kappa shape index (κ2) is 4.10. The zero-order valence-electron chi connectivity index (χ0n) is 9.78. The molecule has 0 aromatic heterocycles. The van der Waals surface area contributed by atoms with Crippen molar-refractivity contribution < 1.29 is 0 Å². The smallest absolute Gasteiger partial charge is 0.0316 e. The van der Waals surface area contributed by atoms with E-state index in [1.54, 1.807) is 0 Å². The first kappa shape index (κ1) is 10.2. The van der Waals surface area contributed by atoms with E-state index in [1.165, 1.54) is 56.4 Å². The van der Waals surface area contributed by atoms with E-state index in [9.17, 15) is 0 Å². The number of anilines is 1. The molecule has 1 fully saturated rings. The van der Waals surface area contributed by atoms with Crippen molar-refractivity contribution in [2.45, 2.75) is 25.7 Å². The molecule has 1 atom stereocenters. The van der Waals surface area contributed by atoms with Crippen molar-refractivity contribution >= 4 is 5.69 Å². The minimum absolute atomic E-state index is 0.872. The van der Waals surface area contributed by atoms with Crippen molar-refractivity contribution in [2.75, 3.05) is 25.4 Å². The van der Waals surface area contributed by atoms with E-state index >= 15 is 0 Å². The molecule has 0 saturated carbocycles. The highest BCUT2D eigenvalue weighted by atomic mass is 15.2. The first-order valence-electron chi connectivity index (χ1n) is 6.41. The highest BCUT2D eigenvalue weighted by molar-refractivity contribution is 5.45. The molecule has 0 radical (unpaired) electrons. The van der Waals surface area contributed by atoms with Gasteiger partial charge < -0.3 is 10.6 Å². The van der Waals surface area contributed by atoms with E-state index in [0.29, 0.717) is 0 Å². The zero-order chi connectivity index (χ0) is 11.0. The summed E-state index contributed by atoms with van der Waals surface area (Å²) in [7, 11) is 0. The third-order valence-corrected chi connectivity index (χ3v) is 4.03. The van der Waals surface area contributed by atoms with Crippen LogP contribution in [0.4, 0.5) is 5.69 Å². The van der Waals surface area contributed by atoms with Crippen LogP contribution in [0.3, 0.4) is 0 Å². The van der Waals surface area contributed by atoms with Crippen LogP contribution in [0.2, 0.25) is 0 Å². The Morgan fingerprint density at radius 1 is 1.25 bits per heavy atom. The minimum atomic E-state index is 0.872. The van der Waals surface area contributed by atoms with Gasteiger partial charge in [0.2, 0.25) is 0 Å². The lowest BCUT2D eigenvalue weighted by Gasteiger charge is -2.36. The van der Waals surface area contributed by atoms with Gasteiger partial charge in [-0.1, -0.05) is 6.07 Å². The number of nitrogens with two attached hydrogens (primary N) is 1. The molecule has 2 aliphatic rings. The van der Waals surface area contributed by atoms with Crippen LogP contribution in [0, 0.1) is 5.92 Å². The Labute approximate surface area is 97.4 Å². The van der Waals surface area contributed by atoms with Crippen molar-refractivity contribution in [1.82, 2.24) is 4.90 Å². The summed E-state index contributed by atoms with van der Waals surface area (Å²) in [5.41, 5.74) is 9.76. The SMILES string of the molecule is Nc1ccc2c(c1)CCC(CN1CCC1)C2. The fraction of sp³-hybridized carbons (Fsp3) is 0.571. The Hall–Kier alpha value is -1.02. The number of nitrogen functional groups attached to an aromatic ring is 1. The summed E-state index contributed by atoms with van der Waals surface area (Å²) in [4.78, 5) is 2.59. The normalized spacial score (nSPS) is 24.9. The van der Waals surface area contributed by atoms with Crippen molar-refractivity contribution in [3.05, 3.63) is 29.3 Å². The van der Waals surface area contributed by atoms with E-state index in [4.69, 9.17) is 5.73 Å². The van der Waals surface area contributed by atoms with Gasteiger partial charge in [0.1, 0.15) is 0 Å². The van der Waals surface area contributed by atoms with Crippen LogP contribution >= 0.6 is 0 Å². The van der Waals surface area contributed by atoms with Gasteiger partial charge in [0, 0.05) is 12.2 Å². The molecule has 1 aromatic rings. The number of benzene rings is 1. The number of fused-ring (bicyclic) bond motifs is 1. The molecule has 1 unspecified atom stereocenters. The fourth-order valence-electron chi connectivity index (χ4n) is 2.94. The Morgan fingerprint density at radius 2 is 2.12 bits per heavy atom. The van der Waals surface area contributed by atoms with E-state index in [0.717, 1.165) is 11.6 Å². The molecule has 0 spiro atoms. The standard InChI is InChI=1S/C14H20N2/c15-14-5-4-12-8-11(2-3-13(12)9-14)10-16-6-1-7-16/h4-5,9,11H,1-3,6-8,10,15H2. The van der Waals surface area contributed by atoms with Crippen LogP contribution in [-0.2, 0) is 12.8 Å². The maximum atomic E-state index is 5.82. The van der Waals surface area contributed by atoms with Gasteiger partial charge in [-0.25, -0.2) is 0 Å². The van der Waals surface area contributed by atoms with Gasteiger partial charge in [-0.05, 0) is 68.0 Å². The van der Waals surface area contributed by atoms with Crippen molar-refractivity contribution in [1.29, 1.82) is 0 Å². The molecule has 0 bridgehead atoms. The predicted molar refractivity (Wildman–Crippen MR) is 67.4 cm³/mol. The topological polar surface area (TPSA) is 29.3 Å². The largest absolute Gasteiger partial charge is 0.399 e. The highest BCUT2D eigenvalue weighted by Gasteiger charge is 2.23. The Bertz CT molecular complexity index is 382. The number of hydrogen-bond donors (Lipinski definition) is 1. The number of likely N-dealkylation sites (tertiary alicyclic amines) is 1. The molecular formula is C14H20N2. The molecule has 1 aromatic carbocycles. The fourth-order valence-corrected chi connectivity index (χ4v) is 2.94. The van der Waals surface area contributed by atoms with Gasteiger partial charge in [0.25, 0.3) is 0 Å². The number of nitrogens with zero attached hydrogens (tertiary/aromatic N) is 1. The molecule has 1 saturated heterocycles. The third kappa shape index (κ3) is 1.94. The first-order chi connectivity index (χ1) is 7.81. The first-order valence-corrected chi connectivity index (χ1v) is 6.41. The predicted octanol–water partition coefficient (Wildman–Crippen LogP) is 2.08. The molecule has 86 valence electrons. The monoisotopic (exact) mass is 216 g/mol. The van der Waals surface area contributed by atoms with E-state index in [-0.39, 0.29) is 0 Å². The lowest BCUT2D eigenvalue weighted by molar-refractivity contribution is 0.146. The molecule has 16 heavy (non-hydrogen) atoms. The van der Waals surface area contributed by atoms with Crippen LogP contribution in [-0.4, -0.2) is 24.5 Å². The minimum Gasteiger partial charge on any atom is -0.399 e. The van der Waals surface area contributed by atoms with E-state index < -0.39 is 0 Å². The molecule has 0 amide bonds. The van der Waals surface area contributed by atoms with Crippen LogP contribution in [0.25, 0.3) is 0 Å². The van der Waals surface area contributed by atoms with Crippen LogP contribution in [0.15, 0.2) is 18.2 Å². The van der Waals surface area contributed by atoms with Crippen molar-refractivity contribution in [2.24, 2.45) is 5.92 Å². The maximum Gasteiger partial charge on any atom is 0.0316 e. The quantitative estimate of drug-likeness (QED) is 0.767. The summed E-state index contributed by atoms with van der Waals surface area (Å²) in [6, 6.07) is 6.44. The summed E-state index contributed by atoms with van der Waals surface area (Å²) in [5, 5.41) is 0. The average molecular weight is 216 g/mol. The summed E-state index contributed by atoms with van der Waals surface area (Å²) >= 11 is 0. The van der Waals surface area contributed by atoms with Gasteiger partial charge >= 0.3 is 0 Å². The molecule has 2 nitrogen and oxygen atoms in total. The highest BCUT2D eigenvalue weighted by Crippen LogP contribution is 2.28. The van der Waals surface area contributed by atoms with Gasteiger partial charge in [0.05, 0.1) is 0 Å². The number of hydrogen-bond acceptors (Lipinski definition) is 2.